The molecule has 1 aromatic rings. The third-order valence-electron chi connectivity index (χ3n) is 2.97. The molecule has 1 rings (SSSR count). The van der Waals surface area contributed by atoms with Crippen molar-refractivity contribution in [1.82, 2.24) is 4.90 Å². The average molecular weight is 277 g/mol. The Labute approximate surface area is 120 Å². The highest BCUT2D eigenvalue weighted by molar-refractivity contribution is 5.76. The van der Waals surface area contributed by atoms with E-state index in [2.05, 4.69) is 0 Å². The number of aliphatic carboxylic acids is 1. The summed E-state index contributed by atoms with van der Waals surface area (Å²) in [6.07, 6.45) is 1.09. The van der Waals surface area contributed by atoms with E-state index in [9.17, 15) is 9.59 Å². The molecule has 0 saturated heterocycles. The lowest BCUT2D eigenvalue weighted by Crippen LogP contribution is -2.32. The zero-order valence-electron chi connectivity index (χ0n) is 12.2. The number of carbonyl (C=O) groups excluding carboxylic acids is 1. The Kier molecular flexibility index (Phi) is 6.77. The van der Waals surface area contributed by atoms with Gasteiger partial charge in [-0.25, -0.2) is 0 Å². The fourth-order valence-electron chi connectivity index (χ4n) is 2.00. The van der Waals surface area contributed by atoms with Gasteiger partial charge in [-0.2, -0.15) is 0 Å². The third kappa shape index (κ3) is 6.36. The maximum Gasteiger partial charge on any atom is 0.303 e. The normalized spacial score (nSPS) is 10.6. The smallest absolute Gasteiger partial charge is 0.303 e. The largest absolute Gasteiger partial charge is 0.481 e. The number of carboxylic acid groups (broad SMARTS) is 1. The molecule has 0 aromatic heterocycles. The summed E-state index contributed by atoms with van der Waals surface area (Å²) in [4.78, 5) is 24.6. The second kappa shape index (κ2) is 8.35. The molecule has 4 nitrogen and oxygen atoms in total. The van der Waals surface area contributed by atoms with Crippen LogP contribution in [0.5, 0.6) is 0 Å². The van der Waals surface area contributed by atoms with E-state index in [4.69, 9.17) is 5.11 Å². The molecule has 0 bridgehead atoms. The molecule has 4 heteroatoms. The molecule has 0 saturated carbocycles. The SMILES string of the molecule is CC(C)CC(=O)N(CCCC(=O)O)Cc1ccccc1. The van der Waals surface area contributed by atoms with E-state index >= 15 is 0 Å². The maximum atomic E-state index is 12.2. The van der Waals surface area contributed by atoms with Crippen molar-refractivity contribution in [1.29, 1.82) is 0 Å². The van der Waals surface area contributed by atoms with Crippen molar-refractivity contribution in [3.05, 3.63) is 35.9 Å². The van der Waals surface area contributed by atoms with Gasteiger partial charge in [0.1, 0.15) is 0 Å². The third-order valence-corrected chi connectivity index (χ3v) is 2.97. The molecular weight excluding hydrogens is 254 g/mol. The first-order valence-electron chi connectivity index (χ1n) is 7.02. The van der Waals surface area contributed by atoms with Crippen LogP contribution < -0.4 is 0 Å². The summed E-state index contributed by atoms with van der Waals surface area (Å²) in [5, 5.41) is 8.70. The van der Waals surface area contributed by atoms with E-state index in [1.54, 1.807) is 4.90 Å². The molecular formula is C16H23NO3. The minimum atomic E-state index is -0.819. The number of hydrogen-bond acceptors (Lipinski definition) is 2. The minimum absolute atomic E-state index is 0.0919. The molecule has 1 aromatic carbocycles. The molecule has 1 amide bonds. The quantitative estimate of drug-likeness (QED) is 0.795. The molecule has 0 radical (unpaired) electrons. The molecule has 20 heavy (non-hydrogen) atoms. The lowest BCUT2D eigenvalue weighted by Gasteiger charge is -2.23. The van der Waals surface area contributed by atoms with Crippen LogP contribution in [0.2, 0.25) is 0 Å². The first kappa shape index (κ1) is 16.2. The number of benzene rings is 1. The first-order valence-corrected chi connectivity index (χ1v) is 7.02. The van der Waals surface area contributed by atoms with Crippen molar-refractivity contribution >= 4 is 11.9 Å². The van der Waals surface area contributed by atoms with Crippen molar-refractivity contribution in [2.75, 3.05) is 6.54 Å². The van der Waals surface area contributed by atoms with E-state index in [1.165, 1.54) is 0 Å². The van der Waals surface area contributed by atoms with Gasteiger partial charge in [0.2, 0.25) is 5.91 Å². The maximum absolute atomic E-state index is 12.2. The fourth-order valence-corrected chi connectivity index (χ4v) is 2.00. The molecule has 0 fully saturated rings. The van der Waals surface area contributed by atoms with Crippen LogP contribution in [-0.2, 0) is 16.1 Å². The predicted octanol–water partition coefficient (Wildman–Crippen LogP) is 2.93. The standard InChI is InChI=1S/C16H23NO3/c1-13(2)11-15(18)17(10-6-9-16(19)20)12-14-7-4-3-5-8-14/h3-5,7-8,13H,6,9-12H2,1-2H3,(H,19,20). The van der Waals surface area contributed by atoms with E-state index in [-0.39, 0.29) is 12.3 Å². The van der Waals surface area contributed by atoms with Crippen LogP contribution in [0.3, 0.4) is 0 Å². The molecule has 110 valence electrons. The zero-order valence-corrected chi connectivity index (χ0v) is 12.2. The van der Waals surface area contributed by atoms with Crippen LogP contribution >= 0.6 is 0 Å². The fraction of sp³-hybridized carbons (Fsp3) is 0.500. The molecule has 0 unspecified atom stereocenters. The molecule has 0 aliphatic heterocycles. The van der Waals surface area contributed by atoms with Gasteiger partial charge in [0.05, 0.1) is 0 Å². The van der Waals surface area contributed by atoms with Gasteiger partial charge in [0.25, 0.3) is 0 Å². The van der Waals surface area contributed by atoms with Crippen LogP contribution in [0.4, 0.5) is 0 Å². The Morgan fingerprint density at radius 1 is 1.20 bits per heavy atom. The van der Waals surface area contributed by atoms with E-state index in [1.807, 2.05) is 44.2 Å². The number of nitrogens with zero attached hydrogens (tertiary/aromatic N) is 1. The summed E-state index contributed by atoms with van der Waals surface area (Å²) in [5.41, 5.74) is 1.07. The number of carbonyl (C=O) groups is 2. The number of amides is 1. The van der Waals surface area contributed by atoms with Gasteiger partial charge < -0.3 is 10.0 Å². The Hall–Kier alpha value is -1.84. The highest BCUT2D eigenvalue weighted by Gasteiger charge is 2.15. The molecule has 0 atom stereocenters. The summed E-state index contributed by atoms with van der Waals surface area (Å²) in [5.74, 6) is -0.421. The highest BCUT2D eigenvalue weighted by atomic mass is 16.4. The Balaban J connectivity index is 2.63. The average Bonchev–Trinajstić information content (AvgIpc) is 2.37. The summed E-state index contributed by atoms with van der Waals surface area (Å²) < 4.78 is 0. The van der Waals surface area contributed by atoms with Gasteiger partial charge in [-0.15, -0.1) is 0 Å². The van der Waals surface area contributed by atoms with Crippen molar-refractivity contribution < 1.29 is 14.7 Å². The predicted molar refractivity (Wildman–Crippen MR) is 78.2 cm³/mol. The Morgan fingerprint density at radius 3 is 2.40 bits per heavy atom. The second-order valence-corrected chi connectivity index (χ2v) is 5.40. The van der Waals surface area contributed by atoms with Crippen molar-refractivity contribution in [2.24, 2.45) is 5.92 Å². The van der Waals surface area contributed by atoms with Crippen LogP contribution in [0.15, 0.2) is 30.3 Å². The van der Waals surface area contributed by atoms with Crippen molar-refractivity contribution in [2.45, 2.75) is 39.7 Å². The van der Waals surface area contributed by atoms with Gasteiger partial charge in [-0.05, 0) is 17.9 Å². The van der Waals surface area contributed by atoms with E-state index in [0.717, 1.165) is 5.56 Å². The van der Waals surface area contributed by atoms with Crippen molar-refractivity contribution in [3.8, 4) is 0 Å². The van der Waals surface area contributed by atoms with E-state index in [0.29, 0.717) is 31.8 Å². The van der Waals surface area contributed by atoms with E-state index < -0.39 is 5.97 Å². The van der Waals surface area contributed by atoms with Gasteiger partial charge in [0.15, 0.2) is 0 Å². The van der Waals surface area contributed by atoms with Crippen LogP contribution in [0, 0.1) is 5.92 Å². The molecule has 0 heterocycles. The van der Waals surface area contributed by atoms with Crippen LogP contribution in [0.25, 0.3) is 0 Å². The van der Waals surface area contributed by atoms with Gasteiger partial charge in [0, 0.05) is 25.9 Å². The Bertz CT molecular complexity index is 429. The monoisotopic (exact) mass is 277 g/mol. The lowest BCUT2D eigenvalue weighted by atomic mass is 10.1. The Morgan fingerprint density at radius 2 is 1.85 bits per heavy atom. The van der Waals surface area contributed by atoms with Crippen molar-refractivity contribution in [3.63, 3.8) is 0 Å². The second-order valence-electron chi connectivity index (χ2n) is 5.40. The number of carboxylic acids is 1. The minimum Gasteiger partial charge on any atom is -0.481 e. The topological polar surface area (TPSA) is 57.6 Å². The number of rotatable bonds is 8. The van der Waals surface area contributed by atoms with Gasteiger partial charge in [-0.1, -0.05) is 44.2 Å². The summed E-state index contributed by atoms with van der Waals surface area (Å²) in [7, 11) is 0. The lowest BCUT2D eigenvalue weighted by molar-refractivity contribution is -0.138. The molecule has 0 spiro atoms. The molecule has 1 N–H and O–H groups in total. The number of hydrogen-bond donors (Lipinski definition) is 1. The first-order chi connectivity index (χ1) is 9.49. The zero-order chi connectivity index (χ0) is 15.0. The van der Waals surface area contributed by atoms with Gasteiger partial charge in [-0.3, -0.25) is 9.59 Å². The molecule has 0 aliphatic rings. The summed E-state index contributed by atoms with van der Waals surface area (Å²) >= 11 is 0. The van der Waals surface area contributed by atoms with Gasteiger partial charge >= 0.3 is 5.97 Å². The van der Waals surface area contributed by atoms with Crippen LogP contribution in [-0.4, -0.2) is 28.4 Å². The molecule has 0 aliphatic carbocycles. The highest BCUT2D eigenvalue weighted by Crippen LogP contribution is 2.11. The summed E-state index contributed by atoms with van der Waals surface area (Å²) in [6.45, 7) is 5.06. The van der Waals surface area contributed by atoms with Crippen LogP contribution in [0.1, 0.15) is 38.7 Å². The summed E-state index contributed by atoms with van der Waals surface area (Å²) in [6, 6.07) is 9.78.